The summed E-state index contributed by atoms with van der Waals surface area (Å²) < 4.78 is 7.49. The molecule has 1 heterocycles. The van der Waals surface area contributed by atoms with Gasteiger partial charge in [0.15, 0.2) is 5.69 Å². The average Bonchev–Trinajstić information content (AvgIpc) is 3.24. The molecule has 0 unspecified atom stereocenters. The first-order valence-electron chi connectivity index (χ1n) is 7.26. The second-order valence-electron chi connectivity index (χ2n) is 5.26. The highest BCUT2D eigenvalue weighted by molar-refractivity contribution is 5.85. The molecule has 1 aromatic heterocycles. The zero-order valence-corrected chi connectivity index (χ0v) is 12.0. The highest BCUT2D eigenvalue weighted by Gasteiger charge is 2.30. The first-order chi connectivity index (χ1) is 10.2. The van der Waals surface area contributed by atoms with Crippen LogP contribution in [0.2, 0.25) is 0 Å². The smallest absolute Gasteiger partial charge is 0.356 e. The van der Waals surface area contributed by atoms with Crippen LogP contribution in [0.1, 0.15) is 48.3 Å². The van der Waals surface area contributed by atoms with Crippen LogP contribution in [0.5, 0.6) is 5.75 Å². The van der Waals surface area contributed by atoms with E-state index in [1.165, 1.54) is 0 Å². The molecule has 1 N–H and O–H groups in total. The summed E-state index contributed by atoms with van der Waals surface area (Å²) in [4.78, 5) is 11.2. The van der Waals surface area contributed by atoms with Gasteiger partial charge in [0.25, 0.3) is 0 Å². The molecule has 0 amide bonds. The second-order valence-corrected chi connectivity index (χ2v) is 5.26. The Morgan fingerprint density at radius 3 is 2.86 bits per heavy atom. The Bertz CT molecular complexity index is 659. The predicted octanol–water partition coefficient (Wildman–Crippen LogP) is 3.24. The van der Waals surface area contributed by atoms with Gasteiger partial charge in [-0.1, -0.05) is 19.1 Å². The fourth-order valence-corrected chi connectivity index (χ4v) is 2.33. The second kappa shape index (κ2) is 5.60. The van der Waals surface area contributed by atoms with Gasteiger partial charge in [-0.2, -0.15) is 5.10 Å². The van der Waals surface area contributed by atoms with Crippen LogP contribution in [0, 0.1) is 0 Å². The average molecular weight is 286 g/mol. The number of carboxylic acid groups (broad SMARTS) is 1. The molecule has 0 spiro atoms. The van der Waals surface area contributed by atoms with E-state index in [1.54, 1.807) is 10.7 Å². The molecular formula is C16H18N2O3. The number of nitrogens with zero attached hydrogens (tertiary/aromatic N) is 2. The van der Waals surface area contributed by atoms with Crippen molar-refractivity contribution in [3.63, 3.8) is 0 Å². The van der Waals surface area contributed by atoms with E-state index in [4.69, 9.17) is 4.74 Å². The van der Waals surface area contributed by atoms with Gasteiger partial charge in [-0.05, 0) is 37.5 Å². The van der Waals surface area contributed by atoms with Crippen molar-refractivity contribution in [1.82, 2.24) is 9.78 Å². The van der Waals surface area contributed by atoms with E-state index in [0.29, 0.717) is 12.5 Å². The van der Waals surface area contributed by atoms with Gasteiger partial charge in [0.2, 0.25) is 0 Å². The molecule has 5 heteroatoms. The summed E-state index contributed by atoms with van der Waals surface area (Å²) >= 11 is 0. The highest BCUT2D eigenvalue weighted by atomic mass is 16.5. The van der Waals surface area contributed by atoms with Crippen molar-refractivity contribution in [2.45, 2.75) is 32.1 Å². The third kappa shape index (κ3) is 2.77. The third-order valence-electron chi connectivity index (χ3n) is 3.51. The Morgan fingerprint density at radius 1 is 1.43 bits per heavy atom. The SMILES string of the molecule is CCCOc1ccccc1-n1nc(C(=O)O)cc1C1CC1. The number of hydrogen-bond acceptors (Lipinski definition) is 3. The molecule has 1 aromatic carbocycles. The number of aromatic carboxylic acids is 1. The van der Waals surface area contributed by atoms with Gasteiger partial charge in [-0.3, -0.25) is 0 Å². The van der Waals surface area contributed by atoms with E-state index in [1.807, 2.05) is 24.3 Å². The highest BCUT2D eigenvalue weighted by Crippen LogP contribution is 2.42. The Hall–Kier alpha value is -2.30. The van der Waals surface area contributed by atoms with E-state index >= 15 is 0 Å². The molecule has 0 aliphatic heterocycles. The minimum Gasteiger partial charge on any atom is -0.491 e. The molecule has 0 radical (unpaired) electrons. The van der Waals surface area contributed by atoms with Crippen LogP contribution in [0.3, 0.4) is 0 Å². The predicted molar refractivity (Wildman–Crippen MR) is 78.3 cm³/mol. The van der Waals surface area contributed by atoms with Crippen LogP contribution in [0.15, 0.2) is 30.3 Å². The van der Waals surface area contributed by atoms with Gasteiger partial charge < -0.3 is 9.84 Å². The Balaban J connectivity index is 2.05. The van der Waals surface area contributed by atoms with Crippen LogP contribution in [-0.4, -0.2) is 27.5 Å². The summed E-state index contributed by atoms with van der Waals surface area (Å²) in [6, 6.07) is 9.30. The van der Waals surface area contributed by atoms with Crippen molar-refractivity contribution in [1.29, 1.82) is 0 Å². The largest absolute Gasteiger partial charge is 0.491 e. The molecule has 110 valence electrons. The minimum absolute atomic E-state index is 0.0854. The van der Waals surface area contributed by atoms with Crippen LogP contribution in [0.25, 0.3) is 5.69 Å². The summed E-state index contributed by atoms with van der Waals surface area (Å²) in [6.45, 7) is 2.68. The lowest BCUT2D eigenvalue weighted by atomic mass is 10.2. The lowest BCUT2D eigenvalue weighted by molar-refractivity contribution is 0.0690. The first-order valence-corrected chi connectivity index (χ1v) is 7.26. The maximum atomic E-state index is 11.2. The zero-order chi connectivity index (χ0) is 14.8. The zero-order valence-electron chi connectivity index (χ0n) is 12.0. The fraction of sp³-hybridized carbons (Fsp3) is 0.375. The summed E-state index contributed by atoms with van der Waals surface area (Å²) in [6.07, 6.45) is 3.09. The molecule has 1 fully saturated rings. The van der Waals surface area contributed by atoms with Gasteiger partial charge in [-0.15, -0.1) is 0 Å². The van der Waals surface area contributed by atoms with Crippen molar-refractivity contribution in [3.8, 4) is 11.4 Å². The molecule has 0 atom stereocenters. The summed E-state index contributed by atoms with van der Waals surface area (Å²) in [5.41, 5.74) is 1.85. The van der Waals surface area contributed by atoms with Crippen LogP contribution >= 0.6 is 0 Å². The van der Waals surface area contributed by atoms with Gasteiger partial charge in [0.05, 0.1) is 6.61 Å². The van der Waals surface area contributed by atoms with Crippen LogP contribution in [0.4, 0.5) is 0 Å². The molecular weight excluding hydrogens is 268 g/mol. The number of hydrogen-bond donors (Lipinski definition) is 1. The van der Waals surface area contributed by atoms with Gasteiger partial charge in [0.1, 0.15) is 11.4 Å². The van der Waals surface area contributed by atoms with E-state index in [-0.39, 0.29) is 5.69 Å². The minimum atomic E-state index is -0.998. The molecule has 1 aliphatic rings. The van der Waals surface area contributed by atoms with Gasteiger partial charge in [-0.25, -0.2) is 9.48 Å². The Kier molecular flexibility index (Phi) is 3.64. The summed E-state index contributed by atoms with van der Waals surface area (Å²) in [5, 5.41) is 13.4. The van der Waals surface area contributed by atoms with Crippen LogP contribution in [-0.2, 0) is 0 Å². The summed E-state index contributed by atoms with van der Waals surface area (Å²) in [7, 11) is 0. The van der Waals surface area contributed by atoms with E-state index < -0.39 is 5.97 Å². The molecule has 0 bridgehead atoms. The van der Waals surface area contributed by atoms with Crippen molar-refractivity contribution in [2.24, 2.45) is 0 Å². The number of aromatic nitrogens is 2. The van der Waals surface area contributed by atoms with Crippen molar-refractivity contribution >= 4 is 5.97 Å². The molecule has 0 saturated heterocycles. The number of rotatable bonds is 6. The Morgan fingerprint density at radius 2 is 2.19 bits per heavy atom. The maximum absolute atomic E-state index is 11.2. The molecule has 5 nitrogen and oxygen atoms in total. The van der Waals surface area contributed by atoms with Gasteiger partial charge >= 0.3 is 5.97 Å². The standard InChI is InChI=1S/C16H18N2O3/c1-2-9-21-15-6-4-3-5-13(15)18-14(11-7-8-11)10-12(17-18)16(19)20/h3-6,10-11H,2,7-9H2,1H3,(H,19,20). The number of carboxylic acids is 1. The number of ether oxygens (including phenoxy) is 1. The first kappa shape index (κ1) is 13.7. The third-order valence-corrected chi connectivity index (χ3v) is 3.51. The molecule has 3 rings (SSSR count). The molecule has 2 aromatic rings. The van der Waals surface area contributed by atoms with Gasteiger partial charge in [0, 0.05) is 11.6 Å². The quantitative estimate of drug-likeness (QED) is 0.885. The van der Waals surface area contributed by atoms with Crippen molar-refractivity contribution in [3.05, 3.63) is 41.7 Å². The molecule has 1 aliphatic carbocycles. The number of para-hydroxylation sites is 2. The number of benzene rings is 1. The Labute approximate surface area is 123 Å². The number of carbonyl (C=O) groups is 1. The van der Waals surface area contributed by atoms with E-state index in [2.05, 4.69) is 12.0 Å². The summed E-state index contributed by atoms with van der Waals surface area (Å²) in [5.74, 6) is 0.147. The van der Waals surface area contributed by atoms with Crippen molar-refractivity contribution < 1.29 is 14.6 Å². The fourth-order valence-electron chi connectivity index (χ4n) is 2.33. The van der Waals surface area contributed by atoms with E-state index in [0.717, 1.165) is 36.4 Å². The maximum Gasteiger partial charge on any atom is 0.356 e. The topological polar surface area (TPSA) is 64.4 Å². The van der Waals surface area contributed by atoms with Crippen molar-refractivity contribution in [2.75, 3.05) is 6.61 Å². The monoisotopic (exact) mass is 286 g/mol. The van der Waals surface area contributed by atoms with E-state index in [9.17, 15) is 9.90 Å². The molecule has 21 heavy (non-hydrogen) atoms. The lowest BCUT2D eigenvalue weighted by Crippen LogP contribution is -2.06. The molecule has 1 saturated carbocycles. The van der Waals surface area contributed by atoms with Crippen LogP contribution < -0.4 is 4.74 Å². The lowest BCUT2D eigenvalue weighted by Gasteiger charge is -2.12. The normalized spacial score (nSPS) is 14.1.